The fourth-order valence-electron chi connectivity index (χ4n) is 1.97. The van der Waals surface area contributed by atoms with Gasteiger partial charge in [-0.25, -0.2) is 4.98 Å². The first-order chi connectivity index (χ1) is 8.36. The number of rotatable bonds is 3. The molecule has 1 aromatic carbocycles. The van der Waals surface area contributed by atoms with Crippen molar-refractivity contribution in [2.45, 2.75) is 6.42 Å². The molecule has 0 spiro atoms. The summed E-state index contributed by atoms with van der Waals surface area (Å²) in [5.74, 6) is 0. The Morgan fingerprint density at radius 2 is 2.24 bits per heavy atom. The lowest BCUT2D eigenvalue weighted by atomic mass is 10.1. The summed E-state index contributed by atoms with van der Waals surface area (Å²) < 4.78 is 0. The molecule has 4 heteroatoms. The zero-order valence-electron chi connectivity index (χ0n) is 9.53. The van der Waals surface area contributed by atoms with Crippen molar-refractivity contribution in [1.82, 2.24) is 9.97 Å². The molecular weight excluding hydrogens is 230 g/mol. The Labute approximate surface area is 104 Å². The second kappa shape index (κ2) is 4.22. The molecule has 0 fully saturated rings. The number of fused-ring (bicyclic) bond motifs is 1. The molecule has 2 N–H and O–H groups in total. The average Bonchev–Trinajstić information content (AvgIpc) is 2.97. The standard InChI is InChI=1S/C13H13N3S/c1-14-13-16-8-10(17-13)6-9-7-15-12-5-3-2-4-11(9)12/h2-5,7-8,15H,6H2,1H3,(H,14,16). The fourth-order valence-corrected chi connectivity index (χ4v) is 2.76. The van der Waals surface area contributed by atoms with E-state index in [1.165, 1.54) is 21.3 Å². The predicted octanol–water partition coefficient (Wildman–Crippen LogP) is 3.26. The van der Waals surface area contributed by atoms with E-state index < -0.39 is 0 Å². The van der Waals surface area contributed by atoms with Crippen LogP contribution in [0.2, 0.25) is 0 Å². The predicted molar refractivity (Wildman–Crippen MR) is 72.8 cm³/mol. The normalized spacial score (nSPS) is 10.9. The molecule has 0 radical (unpaired) electrons. The molecule has 17 heavy (non-hydrogen) atoms. The SMILES string of the molecule is CNc1ncc(Cc2c[nH]c3ccccc23)s1. The summed E-state index contributed by atoms with van der Waals surface area (Å²) in [7, 11) is 1.90. The third-order valence-corrected chi connectivity index (χ3v) is 3.82. The topological polar surface area (TPSA) is 40.7 Å². The van der Waals surface area contributed by atoms with Gasteiger partial charge in [-0.05, 0) is 11.6 Å². The maximum absolute atomic E-state index is 4.29. The smallest absolute Gasteiger partial charge is 0.182 e. The molecule has 2 heterocycles. The molecule has 0 aliphatic carbocycles. The second-order valence-corrected chi connectivity index (χ2v) is 5.03. The third-order valence-electron chi connectivity index (χ3n) is 2.81. The van der Waals surface area contributed by atoms with Crippen molar-refractivity contribution < 1.29 is 0 Å². The molecule has 3 rings (SSSR count). The summed E-state index contributed by atoms with van der Waals surface area (Å²) in [6.45, 7) is 0. The van der Waals surface area contributed by atoms with Crippen molar-refractivity contribution in [2.24, 2.45) is 0 Å². The zero-order chi connectivity index (χ0) is 11.7. The van der Waals surface area contributed by atoms with Crippen LogP contribution in [-0.2, 0) is 6.42 Å². The lowest BCUT2D eigenvalue weighted by Gasteiger charge is -1.95. The van der Waals surface area contributed by atoms with Gasteiger partial charge in [0.15, 0.2) is 5.13 Å². The summed E-state index contributed by atoms with van der Waals surface area (Å²) in [5, 5.41) is 5.33. The molecule has 3 aromatic rings. The quantitative estimate of drug-likeness (QED) is 0.741. The van der Waals surface area contributed by atoms with E-state index in [0.29, 0.717) is 0 Å². The van der Waals surface area contributed by atoms with Crippen LogP contribution in [0.25, 0.3) is 10.9 Å². The van der Waals surface area contributed by atoms with Gasteiger partial charge in [0, 0.05) is 41.6 Å². The van der Waals surface area contributed by atoms with Crippen molar-refractivity contribution in [3.8, 4) is 0 Å². The van der Waals surface area contributed by atoms with Gasteiger partial charge >= 0.3 is 0 Å². The number of benzene rings is 1. The van der Waals surface area contributed by atoms with Gasteiger partial charge in [0.05, 0.1) is 0 Å². The van der Waals surface area contributed by atoms with Crippen LogP contribution in [0.5, 0.6) is 0 Å². The summed E-state index contributed by atoms with van der Waals surface area (Å²) in [5.41, 5.74) is 2.52. The van der Waals surface area contributed by atoms with Gasteiger partial charge in [-0.3, -0.25) is 0 Å². The Hall–Kier alpha value is -1.81. The van der Waals surface area contributed by atoms with Crippen molar-refractivity contribution in [3.05, 3.63) is 47.1 Å². The van der Waals surface area contributed by atoms with Crippen LogP contribution in [0, 0.1) is 0 Å². The number of nitrogens with one attached hydrogen (secondary N) is 2. The van der Waals surface area contributed by atoms with Gasteiger partial charge in [-0.15, -0.1) is 11.3 Å². The first-order valence-corrected chi connectivity index (χ1v) is 6.36. The number of aromatic amines is 1. The van der Waals surface area contributed by atoms with E-state index in [9.17, 15) is 0 Å². The number of anilines is 1. The van der Waals surface area contributed by atoms with E-state index in [-0.39, 0.29) is 0 Å². The van der Waals surface area contributed by atoms with E-state index in [2.05, 4.69) is 45.7 Å². The number of H-pyrrole nitrogens is 1. The lowest BCUT2D eigenvalue weighted by molar-refractivity contribution is 1.23. The van der Waals surface area contributed by atoms with Crippen molar-refractivity contribution in [1.29, 1.82) is 0 Å². The van der Waals surface area contributed by atoms with Crippen LogP contribution in [0.1, 0.15) is 10.4 Å². The minimum atomic E-state index is 0.934. The highest BCUT2D eigenvalue weighted by Gasteiger charge is 2.06. The van der Waals surface area contributed by atoms with Crippen molar-refractivity contribution in [2.75, 3.05) is 12.4 Å². The summed E-state index contributed by atoms with van der Waals surface area (Å²) in [4.78, 5) is 8.87. The molecule has 0 aliphatic rings. The average molecular weight is 243 g/mol. The highest BCUT2D eigenvalue weighted by molar-refractivity contribution is 7.15. The molecular formula is C13H13N3S. The largest absolute Gasteiger partial charge is 0.365 e. The molecule has 2 aromatic heterocycles. The highest BCUT2D eigenvalue weighted by Crippen LogP contribution is 2.24. The lowest BCUT2D eigenvalue weighted by Crippen LogP contribution is -1.83. The third kappa shape index (κ3) is 1.91. The van der Waals surface area contributed by atoms with Gasteiger partial charge in [-0.2, -0.15) is 0 Å². The van der Waals surface area contributed by atoms with E-state index in [0.717, 1.165) is 11.6 Å². The Kier molecular flexibility index (Phi) is 2.57. The van der Waals surface area contributed by atoms with E-state index in [1.807, 2.05) is 13.2 Å². The summed E-state index contributed by atoms with van der Waals surface area (Å²) >= 11 is 1.70. The van der Waals surface area contributed by atoms with Crippen LogP contribution in [0.3, 0.4) is 0 Å². The number of nitrogens with zero attached hydrogens (tertiary/aromatic N) is 1. The number of hydrogen-bond acceptors (Lipinski definition) is 3. The van der Waals surface area contributed by atoms with Gasteiger partial charge in [0.25, 0.3) is 0 Å². The van der Waals surface area contributed by atoms with E-state index in [1.54, 1.807) is 11.3 Å². The number of para-hydroxylation sites is 1. The van der Waals surface area contributed by atoms with Crippen LogP contribution < -0.4 is 5.32 Å². The Morgan fingerprint density at radius 3 is 3.06 bits per heavy atom. The molecule has 0 saturated carbocycles. The summed E-state index contributed by atoms with van der Waals surface area (Å²) in [6.07, 6.45) is 4.96. The minimum absolute atomic E-state index is 0.934. The molecule has 3 nitrogen and oxygen atoms in total. The molecule has 0 atom stereocenters. The molecule has 0 bridgehead atoms. The summed E-state index contributed by atoms with van der Waals surface area (Å²) in [6, 6.07) is 8.38. The van der Waals surface area contributed by atoms with E-state index >= 15 is 0 Å². The highest BCUT2D eigenvalue weighted by atomic mass is 32.1. The zero-order valence-corrected chi connectivity index (χ0v) is 10.3. The molecule has 0 saturated heterocycles. The fraction of sp³-hybridized carbons (Fsp3) is 0.154. The molecule has 0 unspecified atom stereocenters. The number of aromatic nitrogens is 2. The molecule has 86 valence electrons. The molecule has 0 aliphatic heterocycles. The maximum Gasteiger partial charge on any atom is 0.182 e. The van der Waals surface area contributed by atoms with Crippen LogP contribution in [0.15, 0.2) is 36.7 Å². The maximum atomic E-state index is 4.29. The number of hydrogen-bond donors (Lipinski definition) is 2. The van der Waals surface area contributed by atoms with Crippen LogP contribution in [-0.4, -0.2) is 17.0 Å². The van der Waals surface area contributed by atoms with Gasteiger partial charge in [0.1, 0.15) is 0 Å². The Morgan fingerprint density at radius 1 is 1.35 bits per heavy atom. The van der Waals surface area contributed by atoms with Gasteiger partial charge < -0.3 is 10.3 Å². The second-order valence-electron chi connectivity index (χ2n) is 3.92. The number of thiazole rings is 1. The van der Waals surface area contributed by atoms with Crippen LogP contribution >= 0.6 is 11.3 Å². The first kappa shape index (κ1) is 10.4. The Bertz CT molecular complexity index is 639. The monoisotopic (exact) mass is 243 g/mol. The molecule has 0 amide bonds. The first-order valence-electron chi connectivity index (χ1n) is 5.54. The minimum Gasteiger partial charge on any atom is -0.365 e. The van der Waals surface area contributed by atoms with Gasteiger partial charge in [-0.1, -0.05) is 18.2 Å². The van der Waals surface area contributed by atoms with E-state index in [4.69, 9.17) is 0 Å². The van der Waals surface area contributed by atoms with Crippen molar-refractivity contribution in [3.63, 3.8) is 0 Å². The van der Waals surface area contributed by atoms with Crippen LogP contribution in [0.4, 0.5) is 5.13 Å². The Balaban J connectivity index is 1.94. The van der Waals surface area contributed by atoms with Gasteiger partial charge in [0.2, 0.25) is 0 Å². The van der Waals surface area contributed by atoms with Crippen molar-refractivity contribution >= 4 is 27.4 Å².